The normalized spacial score (nSPS) is 11.4. The first-order valence-corrected chi connectivity index (χ1v) is 8.62. The highest BCUT2D eigenvalue weighted by molar-refractivity contribution is 5.89. The van der Waals surface area contributed by atoms with Crippen molar-refractivity contribution < 1.29 is 14.3 Å². The predicted molar refractivity (Wildman–Crippen MR) is 106 cm³/mol. The summed E-state index contributed by atoms with van der Waals surface area (Å²) in [5.74, 6) is 0.410. The Balaban J connectivity index is 1.70. The lowest BCUT2D eigenvalue weighted by Gasteiger charge is -2.14. The molecule has 0 saturated heterocycles. The summed E-state index contributed by atoms with van der Waals surface area (Å²) in [5.41, 5.74) is 3.60. The summed E-state index contributed by atoms with van der Waals surface area (Å²) in [4.78, 5) is 15.8. The Hall–Kier alpha value is -3.40. The third-order valence-corrected chi connectivity index (χ3v) is 4.25. The second-order valence-electron chi connectivity index (χ2n) is 6.05. The molecule has 0 aliphatic rings. The molecule has 4 heteroatoms. The molecule has 0 aliphatic carbocycles. The highest BCUT2D eigenvalue weighted by atomic mass is 16.5. The minimum atomic E-state index is -0.348. The second kappa shape index (κ2) is 8.81. The van der Waals surface area contributed by atoms with Crippen LogP contribution in [-0.4, -0.2) is 19.8 Å². The Morgan fingerprint density at radius 3 is 2.33 bits per heavy atom. The predicted octanol–water partition coefficient (Wildman–Crippen LogP) is 4.84. The summed E-state index contributed by atoms with van der Waals surface area (Å²) in [5, 5.41) is 0. The minimum Gasteiger partial charge on any atom is -0.489 e. The van der Waals surface area contributed by atoms with Crippen LogP contribution in [0, 0.1) is 0 Å². The third kappa shape index (κ3) is 4.61. The van der Waals surface area contributed by atoms with Crippen LogP contribution >= 0.6 is 0 Å². The van der Waals surface area contributed by atoms with Crippen LogP contribution in [0.4, 0.5) is 0 Å². The van der Waals surface area contributed by atoms with Crippen LogP contribution in [-0.2, 0) is 11.3 Å². The third-order valence-electron chi connectivity index (χ3n) is 4.25. The molecule has 3 aromatic carbocycles. The lowest BCUT2D eigenvalue weighted by Crippen LogP contribution is -2.02. The average molecular weight is 359 g/mol. The molecule has 3 rings (SSSR count). The Labute approximate surface area is 159 Å². The molecule has 0 N–H and O–H groups in total. The van der Waals surface area contributed by atoms with Crippen molar-refractivity contribution in [2.45, 2.75) is 12.6 Å². The van der Waals surface area contributed by atoms with Crippen LogP contribution in [0.2, 0.25) is 0 Å². The van der Waals surface area contributed by atoms with Gasteiger partial charge >= 0.3 is 5.97 Å². The first-order valence-electron chi connectivity index (χ1n) is 8.62. The van der Waals surface area contributed by atoms with Crippen molar-refractivity contribution in [1.29, 1.82) is 0 Å². The van der Waals surface area contributed by atoms with Crippen molar-refractivity contribution in [3.8, 4) is 5.75 Å². The number of carbonyl (C=O) groups excluding carboxylic acids is 1. The van der Waals surface area contributed by atoms with Gasteiger partial charge in [0.1, 0.15) is 12.4 Å². The molecule has 3 aromatic rings. The zero-order valence-corrected chi connectivity index (χ0v) is 15.2. The lowest BCUT2D eigenvalue weighted by molar-refractivity contribution is 0.0600. The highest BCUT2D eigenvalue weighted by Gasteiger charge is 2.12. The van der Waals surface area contributed by atoms with Crippen molar-refractivity contribution in [3.63, 3.8) is 0 Å². The fraction of sp³-hybridized carbons (Fsp3) is 0.130. The number of benzene rings is 3. The van der Waals surface area contributed by atoms with Gasteiger partial charge in [-0.25, -0.2) is 4.79 Å². The summed E-state index contributed by atoms with van der Waals surface area (Å²) < 4.78 is 10.6. The van der Waals surface area contributed by atoms with E-state index in [1.165, 1.54) is 7.11 Å². The maximum absolute atomic E-state index is 11.5. The first-order chi connectivity index (χ1) is 13.2. The summed E-state index contributed by atoms with van der Waals surface area (Å²) >= 11 is 0. The number of carbonyl (C=O) groups is 1. The number of nitrogens with zero attached hydrogens (tertiary/aromatic N) is 1. The smallest absolute Gasteiger partial charge is 0.337 e. The highest BCUT2D eigenvalue weighted by Crippen LogP contribution is 2.28. The molecule has 136 valence electrons. The molecular weight excluding hydrogens is 338 g/mol. The number of aliphatic imine (C=N–C) groups is 1. The van der Waals surface area contributed by atoms with Gasteiger partial charge in [0.25, 0.3) is 0 Å². The zero-order chi connectivity index (χ0) is 19.1. The van der Waals surface area contributed by atoms with E-state index in [1.807, 2.05) is 66.7 Å². The molecule has 0 aliphatic heterocycles. The molecule has 0 aromatic heterocycles. The van der Waals surface area contributed by atoms with E-state index in [0.29, 0.717) is 12.2 Å². The molecule has 0 radical (unpaired) electrons. The summed E-state index contributed by atoms with van der Waals surface area (Å²) in [6.45, 7) is 4.14. The molecule has 1 unspecified atom stereocenters. The van der Waals surface area contributed by atoms with E-state index in [1.54, 1.807) is 12.1 Å². The van der Waals surface area contributed by atoms with Gasteiger partial charge < -0.3 is 9.47 Å². The Kier molecular flexibility index (Phi) is 6.00. The SMILES string of the molecule is C=NC(c1ccccc1)c1cccc(OCc2ccc(C(=O)OC)cc2)c1. The van der Waals surface area contributed by atoms with E-state index < -0.39 is 0 Å². The molecule has 1 atom stereocenters. The number of methoxy groups -OCH3 is 1. The van der Waals surface area contributed by atoms with E-state index in [9.17, 15) is 4.79 Å². The van der Waals surface area contributed by atoms with E-state index in [-0.39, 0.29) is 12.0 Å². The quantitative estimate of drug-likeness (QED) is 0.448. The minimum absolute atomic E-state index is 0.130. The van der Waals surface area contributed by atoms with Crippen molar-refractivity contribution >= 4 is 12.7 Å². The lowest BCUT2D eigenvalue weighted by atomic mass is 9.99. The fourth-order valence-corrected chi connectivity index (χ4v) is 2.83. The molecule has 0 spiro atoms. The van der Waals surface area contributed by atoms with E-state index in [4.69, 9.17) is 9.47 Å². The van der Waals surface area contributed by atoms with Crippen molar-refractivity contribution in [2.75, 3.05) is 7.11 Å². The maximum atomic E-state index is 11.5. The van der Waals surface area contributed by atoms with Crippen LogP contribution in [0.15, 0.2) is 83.9 Å². The monoisotopic (exact) mass is 359 g/mol. The van der Waals surface area contributed by atoms with Crippen LogP contribution in [0.1, 0.15) is 33.1 Å². The molecule has 0 saturated carbocycles. The number of esters is 1. The summed E-state index contributed by atoms with van der Waals surface area (Å²) in [6, 6.07) is 24.9. The summed E-state index contributed by atoms with van der Waals surface area (Å²) in [7, 11) is 1.37. The van der Waals surface area contributed by atoms with Crippen molar-refractivity contribution in [2.24, 2.45) is 4.99 Å². The fourth-order valence-electron chi connectivity index (χ4n) is 2.83. The molecular formula is C23H21NO3. The van der Waals surface area contributed by atoms with Gasteiger partial charge in [-0.3, -0.25) is 4.99 Å². The van der Waals surface area contributed by atoms with E-state index in [2.05, 4.69) is 11.7 Å². The first kappa shape index (κ1) is 18.4. The topological polar surface area (TPSA) is 47.9 Å². The molecule has 0 fully saturated rings. The van der Waals surface area contributed by atoms with Crippen LogP contribution in [0.5, 0.6) is 5.75 Å². The second-order valence-corrected chi connectivity index (χ2v) is 6.05. The number of rotatable bonds is 7. The summed E-state index contributed by atoms with van der Waals surface area (Å²) in [6.07, 6.45) is 0. The van der Waals surface area contributed by atoms with Crippen molar-refractivity contribution in [1.82, 2.24) is 0 Å². The Morgan fingerprint density at radius 1 is 0.963 bits per heavy atom. The van der Waals surface area contributed by atoms with E-state index >= 15 is 0 Å². The van der Waals surface area contributed by atoms with Crippen LogP contribution < -0.4 is 4.74 Å². The maximum Gasteiger partial charge on any atom is 0.337 e. The van der Waals surface area contributed by atoms with Gasteiger partial charge in [0, 0.05) is 0 Å². The van der Waals surface area contributed by atoms with Gasteiger partial charge in [-0.2, -0.15) is 0 Å². The van der Waals surface area contributed by atoms with Gasteiger partial charge in [0.15, 0.2) is 0 Å². The van der Waals surface area contributed by atoms with Crippen LogP contribution in [0.3, 0.4) is 0 Å². The van der Waals surface area contributed by atoms with Crippen molar-refractivity contribution in [3.05, 3.63) is 101 Å². The zero-order valence-electron chi connectivity index (χ0n) is 15.2. The largest absolute Gasteiger partial charge is 0.489 e. The average Bonchev–Trinajstić information content (AvgIpc) is 2.74. The Bertz CT molecular complexity index is 904. The molecule has 27 heavy (non-hydrogen) atoms. The standard InChI is InChI=1S/C23H21NO3/c1-24-22(18-7-4-3-5-8-18)20-9-6-10-21(15-20)27-16-17-11-13-19(14-12-17)23(25)26-2/h3-15,22H,1,16H2,2H3. The van der Waals surface area contributed by atoms with E-state index in [0.717, 1.165) is 22.4 Å². The number of hydrogen-bond acceptors (Lipinski definition) is 4. The Morgan fingerprint density at radius 2 is 1.67 bits per heavy atom. The molecule has 4 nitrogen and oxygen atoms in total. The molecule has 0 heterocycles. The van der Waals surface area contributed by atoms with Gasteiger partial charge in [-0.05, 0) is 47.7 Å². The van der Waals surface area contributed by atoms with Gasteiger partial charge in [0.2, 0.25) is 0 Å². The number of ether oxygens (including phenoxy) is 2. The van der Waals surface area contributed by atoms with Gasteiger partial charge in [-0.15, -0.1) is 0 Å². The number of hydrogen-bond donors (Lipinski definition) is 0. The van der Waals surface area contributed by atoms with Gasteiger partial charge in [0.05, 0.1) is 18.7 Å². The van der Waals surface area contributed by atoms with Gasteiger partial charge in [-0.1, -0.05) is 54.6 Å². The van der Waals surface area contributed by atoms with Crippen LogP contribution in [0.25, 0.3) is 0 Å². The molecule has 0 amide bonds. The molecule has 0 bridgehead atoms.